The zero-order chi connectivity index (χ0) is 32.3. The minimum absolute atomic E-state index is 0.00126. The number of nitrogens with zero attached hydrogens (tertiary/aromatic N) is 3. The molecule has 9 heteroatoms. The van der Waals surface area contributed by atoms with E-state index in [1.807, 2.05) is 67.0 Å². The molecule has 46 heavy (non-hydrogen) atoms. The predicted octanol–water partition coefficient (Wildman–Crippen LogP) is 6.19. The van der Waals surface area contributed by atoms with Crippen molar-refractivity contribution in [1.29, 1.82) is 0 Å². The predicted molar refractivity (Wildman–Crippen MR) is 180 cm³/mol. The number of hydrogen-bond acceptors (Lipinski definition) is 6. The number of aromatic nitrogens is 2. The monoisotopic (exact) mass is 623 g/mol. The van der Waals surface area contributed by atoms with Gasteiger partial charge in [-0.2, -0.15) is 0 Å². The van der Waals surface area contributed by atoms with Crippen molar-refractivity contribution >= 4 is 29.0 Å². The standard InChI is InChI=1S/C37H45N5O4/c1-2-26-8-12-28(13-9-26)29-16-18-30(19-17-29)32-20-40-37(41-21-32)31-14-10-27(11-15-31)24-42(25-36(45)46)35(44)23-39-34(43)22-38-33-6-4-3-5-7-33/h3-7,10-11,14-15,18,20-21,26,28-29,38H,2,8-9,12-13,16-17,19,22-25H2,1H3,(H,39,43)(H,45,46)/t26-,28-,29?. The smallest absolute Gasteiger partial charge is 0.323 e. The maximum Gasteiger partial charge on any atom is 0.323 e. The van der Waals surface area contributed by atoms with Gasteiger partial charge in [0.1, 0.15) is 6.54 Å². The zero-order valence-corrected chi connectivity index (χ0v) is 26.7. The van der Waals surface area contributed by atoms with Crippen LogP contribution in [-0.4, -0.2) is 57.4 Å². The fourth-order valence-electron chi connectivity index (χ4n) is 6.72. The van der Waals surface area contributed by atoms with Gasteiger partial charge in [0.2, 0.25) is 11.8 Å². The Bertz CT molecular complexity index is 1480. The highest BCUT2D eigenvalue weighted by Gasteiger charge is 2.28. The second kappa shape index (κ2) is 16.2. The molecule has 1 unspecified atom stereocenters. The van der Waals surface area contributed by atoms with Gasteiger partial charge >= 0.3 is 5.97 Å². The number of anilines is 1. The molecule has 1 fully saturated rings. The Hall–Kier alpha value is -4.53. The number of carbonyl (C=O) groups is 3. The van der Waals surface area contributed by atoms with E-state index in [0.717, 1.165) is 53.0 Å². The van der Waals surface area contributed by atoms with E-state index in [4.69, 9.17) is 0 Å². The van der Waals surface area contributed by atoms with Crippen molar-refractivity contribution in [1.82, 2.24) is 20.2 Å². The molecule has 2 aliphatic rings. The van der Waals surface area contributed by atoms with Crippen LogP contribution in [0.2, 0.25) is 0 Å². The molecular weight excluding hydrogens is 578 g/mol. The molecule has 2 aliphatic carbocycles. The number of nitrogens with one attached hydrogen (secondary N) is 2. The Kier molecular flexibility index (Phi) is 11.5. The van der Waals surface area contributed by atoms with Crippen LogP contribution >= 0.6 is 0 Å². The highest BCUT2D eigenvalue weighted by molar-refractivity contribution is 5.88. The molecule has 3 N–H and O–H groups in total. The fraction of sp³-hybridized carbons (Fsp3) is 0.432. The molecule has 0 radical (unpaired) electrons. The van der Waals surface area contributed by atoms with Crippen molar-refractivity contribution in [2.45, 2.75) is 64.8 Å². The average Bonchev–Trinajstić information content (AvgIpc) is 3.10. The average molecular weight is 624 g/mol. The first-order chi connectivity index (χ1) is 22.4. The van der Waals surface area contributed by atoms with Gasteiger partial charge in [-0.25, -0.2) is 9.97 Å². The molecule has 3 aromatic rings. The SMILES string of the molecule is CC[C@H]1CC[C@H](C2CC=C(c3cnc(-c4ccc(CN(CC(=O)O)C(=O)CNC(=O)CNc5ccccc5)cc4)nc3)CC2)CC1. The number of hydrogen-bond donors (Lipinski definition) is 3. The molecule has 0 spiro atoms. The molecule has 0 bridgehead atoms. The molecule has 1 heterocycles. The maximum absolute atomic E-state index is 12.8. The van der Waals surface area contributed by atoms with Gasteiger partial charge in [-0.3, -0.25) is 14.4 Å². The van der Waals surface area contributed by atoms with E-state index in [1.54, 1.807) is 0 Å². The van der Waals surface area contributed by atoms with Crippen LogP contribution in [0.25, 0.3) is 17.0 Å². The second-order valence-electron chi connectivity index (χ2n) is 12.6. The van der Waals surface area contributed by atoms with E-state index in [-0.39, 0.29) is 25.5 Å². The minimum Gasteiger partial charge on any atom is -0.480 e. The van der Waals surface area contributed by atoms with Gasteiger partial charge in [-0.15, -0.1) is 0 Å². The normalized spacial score (nSPS) is 19.5. The first-order valence-electron chi connectivity index (χ1n) is 16.5. The summed E-state index contributed by atoms with van der Waals surface area (Å²) >= 11 is 0. The van der Waals surface area contributed by atoms with Crippen LogP contribution in [-0.2, 0) is 20.9 Å². The molecule has 0 aliphatic heterocycles. The minimum atomic E-state index is -1.13. The van der Waals surface area contributed by atoms with Gasteiger partial charge in [0.05, 0.1) is 13.1 Å². The summed E-state index contributed by atoms with van der Waals surface area (Å²) in [5.41, 5.74) is 4.81. The molecule has 2 amide bonds. The summed E-state index contributed by atoms with van der Waals surface area (Å²) in [5.74, 6) is 1.27. The molecule has 1 aromatic heterocycles. The van der Waals surface area contributed by atoms with Crippen LogP contribution in [0.3, 0.4) is 0 Å². The van der Waals surface area contributed by atoms with Crippen molar-refractivity contribution < 1.29 is 19.5 Å². The van der Waals surface area contributed by atoms with Crippen LogP contribution in [0.4, 0.5) is 5.69 Å². The van der Waals surface area contributed by atoms with Gasteiger partial charge in [-0.05, 0) is 73.1 Å². The number of para-hydroxylation sites is 1. The highest BCUT2D eigenvalue weighted by atomic mass is 16.4. The summed E-state index contributed by atoms with van der Waals surface area (Å²) in [6.07, 6.45) is 16.6. The van der Waals surface area contributed by atoms with Crippen molar-refractivity contribution in [2.75, 3.05) is 25.0 Å². The van der Waals surface area contributed by atoms with Crippen molar-refractivity contribution in [3.63, 3.8) is 0 Å². The summed E-state index contributed by atoms with van der Waals surface area (Å²) in [6, 6.07) is 16.7. The topological polar surface area (TPSA) is 125 Å². The summed E-state index contributed by atoms with van der Waals surface area (Å²) in [5, 5.41) is 14.9. The summed E-state index contributed by atoms with van der Waals surface area (Å²) < 4.78 is 0. The van der Waals surface area contributed by atoms with Gasteiger partial charge in [0.15, 0.2) is 5.82 Å². The Balaban J connectivity index is 1.12. The second-order valence-corrected chi connectivity index (χ2v) is 12.6. The van der Waals surface area contributed by atoms with E-state index in [1.165, 1.54) is 49.0 Å². The van der Waals surface area contributed by atoms with E-state index in [2.05, 4.69) is 33.6 Å². The van der Waals surface area contributed by atoms with E-state index in [9.17, 15) is 19.5 Å². The van der Waals surface area contributed by atoms with Gasteiger partial charge in [0.25, 0.3) is 0 Å². The lowest BCUT2D eigenvalue weighted by molar-refractivity contribution is -0.144. The Morgan fingerprint density at radius 1 is 0.870 bits per heavy atom. The van der Waals surface area contributed by atoms with Crippen molar-refractivity contribution in [2.24, 2.45) is 17.8 Å². The maximum atomic E-state index is 12.8. The van der Waals surface area contributed by atoms with Crippen molar-refractivity contribution in [3.05, 3.63) is 84.2 Å². The fourth-order valence-corrected chi connectivity index (χ4v) is 6.72. The molecule has 9 nitrogen and oxygen atoms in total. The number of carboxylic acid groups (broad SMARTS) is 1. The van der Waals surface area contributed by atoms with Crippen LogP contribution in [0, 0.1) is 17.8 Å². The van der Waals surface area contributed by atoms with Gasteiger partial charge in [0, 0.05) is 35.8 Å². The van der Waals surface area contributed by atoms with E-state index in [0.29, 0.717) is 5.82 Å². The summed E-state index contributed by atoms with van der Waals surface area (Å²) in [7, 11) is 0. The number of carbonyl (C=O) groups excluding carboxylic acids is 2. The third-order valence-corrected chi connectivity index (χ3v) is 9.54. The first kappa shape index (κ1) is 32.9. The third-order valence-electron chi connectivity index (χ3n) is 9.54. The number of amides is 2. The summed E-state index contributed by atoms with van der Waals surface area (Å²) in [6.45, 7) is 1.65. The Morgan fingerprint density at radius 3 is 2.22 bits per heavy atom. The number of carboxylic acids is 1. The number of benzene rings is 2. The Morgan fingerprint density at radius 2 is 1.59 bits per heavy atom. The van der Waals surface area contributed by atoms with E-state index >= 15 is 0 Å². The number of rotatable bonds is 13. The van der Waals surface area contributed by atoms with Crippen molar-refractivity contribution in [3.8, 4) is 11.4 Å². The zero-order valence-electron chi connectivity index (χ0n) is 26.7. The van der Waals surface area contributed by atoms with Crippen LogP contribution < -0.4 is 10.6 Å². The number of allylic oxidation sites excluding steroid dienone is 2. The van der Waals surface area contributed by atoms with Crippen LogP contribution in [0.1, 0.15) is 69.4 Å². The quantitative estimate of drug-likeness (QED) is 0.208. The van der Waals surface area contributed by atoms with Crippen LogP contribution in [0.5, 0.6) is 0 Å². The highest BCUT2D eigenvalue weighted by Crippen LogP contribution is 2.41. The molecule has 0 saturated heterocycles. The van der Waals surface area contributed by atoms with E-state index < -0.39 is 18.4 Å². The first-order valence-corrected chi connectivity index (χ1v) is 16.5. The lowest BCUT2D eigenvalue weighted by Gasteiger charge is -2.35. The third kappa shape index (κ3) is 9.25. The lowest BCUT2D eigenvalue weighted by atomic mass is 9.71. The number of aliphatic carboxylic acids is 1. The Labute approximate surface area is 271 Å². The molecule has 2 aromatic carbocycles. The molecule has 1 saturated carbocycles. The molecule has 242 valence electrons. The van der Waals surface area contributed by atoms with Gasteiger partial charge < -0.3 is 20.6 Å². The van der Waals surface area contributed by atoms with Crippen LogP contribution in [0.15, 0.2) is 73.1 Å². The molecule has 1 atom stereocenters. The lowest BCUT2D eigenvalue weighted by Crippen LogP contribution is -2.43. The molecular formula is C37H45N5O4. The van der Waals surface area contributed by atoms with Gasteiger partial charge in [-0.1, -0.05) is 74.7 Å². The molecule has 5 rings (SSSR count). The largest absolute Gasteiger partial charge is 0.480 e. The summed E-state index contributed by atoms with van der Waals surface area (Å²) in [4.78, 5) is 47.0.